The Morgan fingerprint density at radius 2 is 1.65 bits per heavy atom. The average Bonchev–Trinajstić information content (AvgIpc) is 2.79. The normalized spacial score (nSPS) is 12.5. The molecule has 8 heteroatoms. The number of benzene rings is 3. The van der Waals surface area contributed by atoms with Crippen molar-refractivity contribution in [2.75, 3.05) is 7.11 Å². The molecule has 0 unspecified atom stereocenters. The minimum atomic E-state index is -4.19. The number of carboxylic acids is 1. The molecule has 180 valence electrons. The van der Waals surface area contributed by atoms with Crippen LogP contribution in [0.15, 0.2) is 65.6 Å². The maximum Gasteiger partial charge on any atom is 0.322 e. The molecule has 3 aromatic rings. The molecule has 0 spiro atoms. The summed E-state index contributed by atoms with van der Waals surface area (Å²) < 4.78 is 35.8. The molecule has 3 aromatic carbocycles. The van der Waals surface area contributed by atoms with E-state index in [0.29, 0.717) is 22.4 Å². The average molecular weight is 593 g/mol. The van der Waals surface area contributed by atoms with Crippen LogP contribution in [0.2, 0.25) is 0 Å². The highest BCUT2D eigenvalue weighted by atomic mass is 127. The van der Waals surface area contributed by atoms with Crippen molar-refractivity contribution >= 4 is 38.6 Å². The maximum absolute atomic E-state index is 14.2. The molecule has 0 aliphatic heterocycles. The Morgan fingerprint density at radius 1 is 1.00 bits per heavy atom. The number of hydrogen-bond acceptors (Lipinski definition) is 4. The van der Waals surface area contributed by atoms with Crippen LogP contribution < -0.4 is 4.74 Å². The third-order valence-corrected chi connectivity index (χ3v) is 8.71. The molecule has 0 aliphatic rings. The molecular weight excluding hydrogens is 565 g/mol. The van der Waals surface area contributed by atoms with Gasteiger partial charge < -0.3 is 9.84 Å². The van der Waals surface area contributed by atoms with Gasteiger partial charge in [0.15, 0.2) is 0 Å². The lowest BCUT2D eigenvalue weighted by atomic mass is 10.1. The van der Waals surface area contributed by atoms with Crippen molar-refractivity contribution in [3.63, 3.8) is 0 Å². The van der Waals surface area contributed by atoms with E-state index in [1.807, 2.05) is 42.5 Å². The SMILES string of the molecule is COc1cc(C)c(S(=O)(=O)N(Cc2cccc(I)c2)[C@@H](Cc2ccccc2)C(=O)O)c(C)c1C. The lowest BCUT2D eigenvalue weighted by Crippen LogP contribution is -2.46. The molecule has 34 heavy (non-hydrogen) atoms. The zero-order valence-electron chi connectivity index (χ0n) is 19.6. The minimum Gasteiger partial charge on any atom is -0.496 e. The van der Waals surface area contributed by atoms with Gasteiger partial charge in [-0.1, -0.05) is 42.5 Å². The summed E-state index contributed by atoms with van der Waals surface area (Å²) in [5.74, 6) is -0.601. The smallest absolute Gasteiger partial charge is 0.322 e. The molecule has 0 bridgehead atoms. The molecule has 1 atom stereocenters. The molecule has 0 heterocycles. The molecule has 0 radical (unpaired) electrons. The number of halogens is 1. The Morgan fingerprint density at radius 3 is 2.24 bits per heavy atom. The molecule has 0 saturated heterocycles. The number of carbonyl (C=O) groups is 1. The second-order valence-corrected chi connectivity index (χ2v) is 11.3. The zero-order chi connectivity index (χ0) is 25.0. The summed E-state index contributed by atoms with van der Waals surface area (Å²) in [6.45, 7) is 5.18. The Kier molecular flexibility index (Phi) is 8.38. The van der Waals surface area contributed by atoms with Crippen LogP contribution in [0.1, 0.15) is 27.8 Å². The standard InChI is InChI=1S/C26H28INO5S/c1-17-13-24(33-4)18(2)19(3)25(17)34(31,32)28(16-21-11-8-12-22(27)14-21)23(26(29)30)15-20-9-6-5-7-10-20/h5-14,23H,15-16H2,1-4H3,(H,29,30)/t23-/m0/s1. The van der Waals surface area contributed by atoms with Crippen molar-refractivity contribution < 1.29 is 23.1 Å². The highest BCUT2D eigenvalue weighted by Gasteiger charge is 2.38. The number of nitrogens with zero attached hydrogens (tertiary/aromatic N) is 1. The van der Waals surface area contributed by atoms with Gasteiger partial charge in [0.05, 0.1) is 12.0 Å². The first-order chi connectivity index (χ1) is 16.1. The van der Waals surface area contributed by atoms with E-state index in [1.165, 1.54) is 0 Å². The molecule has 6 nitrogen and oxygen atoms in total. The van der Waals surface area contributed by atoms with Gasteiger partial charge in [0.1, 0.15) is 11.8 Å². The van der Waals surface area contributed by atoms with Gasteiger partial charge in [0.2, 0.25) is 10.0 Å². The fraction of sp³-hybridized carbons (Fsp3) is 0.269. The lowest BCUT2D eigenvalue weighted by molar-refractivity contribution is -0.141. The fourth-order valence-electron chi connectivity index (χ4n) is 4.08. The van der Waals surface area contributed by atoms with E-state index in [1.54, 1.807) is 46.1 Å². The molecular formula is C26H28INO5S. The van der Waals surface area contributed by atoms with E-state index in [-0.39, 0.29) is 17.9 Å². The van der Waals surface area contributed by atoms with Crippen LogP contribution in [0.4, 0.5) is 0 Å². The number of ether oxygens (including phenoxy) is 1. The molecule has 0 fully saturated rings. The van der Waals surface area contributed by atoms with Gasteiger partial charge in [0, 0.05) is 10.1 Å². The van der Waals surface area contributed by atoms with Crippen molar-refractivity contribution in [3.05, 3.63) is 92.1 Å². The van der Waals surface area contributed by atoms with Gasteiger partial charge in [-0.2, -0.15) is 4.31 Å². The summed E-state index contributed by atoms with van der Waals surface area (Å²) in [6.07, 6.45) is 0.0482. The van der Waals surface area contributed by atoms with Crippen molar-refractivity contribution in [2.45, 2.75) is 44.7 Å². The maximum atomic E-state index is 14.2. The van der Waals surface area contributed by atoms with Crippen LogP contribution in [0.5, 0.6) is 5.75 Å². The first-order valence-corrected chi connectivity index (χ1v) is 13.3. The number of aryl methyl sites for hydroxylation is 1. The van der Waals surface area contributed by atoms with Crippen molar-refractivity contribution in [3.8, 4) is 5.75 Å². The van der Waals surface area contributed by atoms with E-state index in [0.717, 1.165) is 19.0 Å². The third kappa shape index (κ3) is 5.61. The van der Waals surface area contributed by atoms with Gasteiger partial charge in [-0.3, -0.25) is 4.79 Å². The first-order valence-electron chi connectivity index (χ1n) is 10.7. The largest absolute Gasteiger partial charge is 0.496 e. The summed E-state index contributed by atoms with van der Waals surface area (Å²) in [5.41, 5.74) is 3.23. The Hall–Kier alpha value is -2.43. The van der Waals surface area contributed by atoms with E-state index < -0.39 is 22.0 Å². The third-order valence-electron chi connectivity index (χ3n) is 5.90. The number of hydrogen-bond donors (Lipinski definition) is 1. The number of rotatable bonds is 9. The van der Waals surface area contributed by atoms with Crippen LogP contribution >= 0.6 is 22.6 Å². The number of carboxylic acid groups (broad SMARTS) is 1. The molecule has 0 aliphatic carbocycles. The minimum absolute atomic E-state index is 0.0482. The predicted octanol–water partition coefficient (Wildman–Crippen LogP) is 5.11. The van der Waals surface area contributed by atoms with E-state index in [9.17, 15) is 18.3 Å². The van der Waals surface area contributed by atoms with Crippen LogP contribution in [0.25, 0.3) is 0 Å². The second kappa shape index (κ2) is 10.9. The van der Waals surface area contributed by atoms with E-state index >= 15 is 0 Å². The summed E-state index contributed by atoms with van der Waals surface area (Å²) in [7, 11) is -2.65. The molecule has 0 saturated carbocycles. The van der Waals surface area contributed by atoms with Crippen LogP contribution in [-0.2, 0) is 27.8 Å². The van der Waals surface area contributed by atoms with Crippen LogP contribution in [0.3, 0.4) is 0 Å². The van der Waals surface area contributed by atoms with Crippen LogP contribution in [0, 0.1) is 24.3 Å². The van der Waals surface area contributed by atoms with Gasteiger partial charge in [-0.15, -0.1) is 0 Å². The van der Waals surface area contributed by atoms with Gasteiger partial charge >= 0.3 is 5.97 Å². The Bertz CT molecular complexity index is 1290. The van der Waals surface area contributed by atoms with Crippen molar-refractivity contribution in [1.29, 1.82) is 0 Å². The van der Waals surface area contributed by atoms with Crippen molar-refractivity contribution in [2.24, 2.45) is 0 Å². The summed E-state index contributed by atoms with van der Waals surface area (Å²) >= 11 is 2.16. The first kappa shape index (κ1) is 26.2. The van der Waals surface area contributed by atoms with Gasteiger partial charge in [-0.05, 0) is 95.8 Å². The molecule has 0 amide bonds. The summed E-state index contributed by atoms with van der Waals surface area (Å²) in [5, 5.41) is 10.2. The fourth-order valence-corrected chi connectivity index (χ4v) is 6.74. The monoisotopic (exact) mass is 593 g/mol. The zero-order valence-corrected chi connectivity index (χ0v) is 22.6. The summed E-state index contributed by atoms with van der Waals surface area (Å²) in [4.78, 5) is 12.6. The highest BCUT2D eigenvalue weighted by Crippen LogP contribution is 2.34. The number of sulfonamides is 1. The van der Waals surface area contributed by atoms with Gasteiger partial charge in [0.25, 0.3) is 0 Å². The number of methoxy groups -OCH3 is 1. The predicted molar refractivity (Wildman–Crippen MR) is 141 cm³/mol. The quantitative estimate of drug-likeness (QED) is 0.349. The van der Waals surface area contributed by atoms with Crippen LogP contribution in [-0.4, -0.2) is 37.0 Å². The highest BCUT2D eigenvalue weighted by molar-refractivity contribution is 14.1. The van der Waals surface area contributed by atoms with E-state index in [2.05, 4.69) is 22.6 Å². The second-order valence-electron chi connectivity index (χ2n) is 8.20. The van der Waals surface area contributed by atoms with Gasteiger partial charge in [-0.25, -0.2) is 8.42 Å². The topological polar surface area (TPSA) is 83.9 Å². The van der Waals surface area contributed by atoms with Crippen molar-refractivity contribution in [1.82, 2.24) is 4.31 Å². The van der Waals surface area contributed by atoms with E-state index in [4.69, 9.17) is 4.74 Å². The lowest BCUT2D eigenvalue weighted by Gasteiger charge is -2.30. The molecule has 1 N–H and O–H groups in total. The summed E-state index contributed by atoms with van der Waals surface area (Å²) in [6, 6.07) is 16.9. The number of aliphatic carboxylic acids is 1. The Balaban J connectivity index is 2.20. The molecule has 0 aromatic heterocycles. The Labute approximate surface area is 214 Å². The molecule has 3 rings (SSSR count).